The average molecular weight is 369 g/mol. The first-order valence-corrected chi connectivity index (χ1v) is 7.94. The van der Waals surface area contributed by atoms with Crippen LogP contribution in [0.5, 0.6) is 5.75 Å². The van der Waals surface area contributed by atoms with Crippen LogP contribution in [0.25, 0.3) is 0 Å². The zero-order valence-electron chi connectivity index (χ0n) is 13.5. The number of anilines is 1. The second-order valence-electron chi connectivity index (χ2n) is 5.48. The highest BCUT2D eigenvalue weighted by molar-refractivity contribution is 6.30. The molecule has 2 aromatic carbocycles. The standard InChI is InChI=1S/C18H21ClN2O2.ClH/c1-13(20)9-10-18(22)21-16-7-2-3-8-17(16)23-12-14-5-4-6-15(19)11-14;/h2-8,11,13H,9-10,12,20H2,1H3,(H,21,22);1H. The summed E-state index contributed by atoms with van der Waals surface area (Å²) in [5.41, 5.74) is 7.30. The number of nitrogens with two attached hydrogens (primary N) is 1. The van der Waals surface area contributed by atoms with Crippen molar-refractivity contribution in [3.63, 3.8) is 0 Å². The van der Waals surface area contributed by atoms with Crippen molar-refractivity contribution in [3.05, 3.63) is 59.1 Å². The van der Waals surface area contributed by atoms with E-state index in [9.17, 15) is 4.79 Å². The number of amides is 1. The van der Waals surface area contributed by atoms with Gasteiger partial charge in [0.15, 0.2) is 0 Å². The van der Waals surface area contributed by atoms with Gasteiger partial charge in [-0.25, -0.2) is 0 Å². The molecule has 2 aromatic rings. The highest BCUT2D eigenvalue weighted by Gasteiger charge is 2.08. The molecular formula is C18H22Cl2N2O2. The van der Waals surface area contributed by atoms with Crippen LogP contribution in [-0.2, 0) is 11.4 Å². The Morgan fingerprint density at radius 3 is 2.71 bits per heavy atom. The van der Waals surface area contributed by atoms with Crippen molar-refractivity contribution >= 4 is 35.6 Å². The highest BCUT2D eigenvalue weighted by atomic mass is 35.5. The number of halogens is 2. The van der Waals surface area contributed by atoms with E-state index in [2.05, 4.69) is 5.32 Å². The highest BCUT2D eigenvalue weighted by Crippen LogP contribution is 2.25. The minimum Gasteiger partial charge on any atom is -0.487 e. The molecule has 0 spiro atoms. The molecule has 130 valence electrons. The van der Waals surface area contributed by atoms with Gasteiger partial charge in [-0.1, -0.05) is 35.9 Å². The van der Waals surface area contributed by atoms with Gasteiger partial charge in [0.25, 0.3) is 0 Å². The summed E-state index contributed by atoms with van der Waals surface area (Å²) in [5.74, 6) is 0.558. The molecule has 1 unspecified atom stereocenters. The maximum atomic E-state index is 11.9. The summed E-state index contributed by atoms with van der Waals surface area (Å²) in [6.07, 6.45) is 1.04. The number of hydrogen-bond donors (Lipinski definition) is 2. The Morgan fingerprint density at radius 2 is 2.00 bits per heavy atom. The fourth-order valence-corrected chi connectivity index (χ4v) is 2.27. The van der Waals surface area contributed by atoms with E-state index >= 15 is 0 Å². The van der Waals surface area contributed by atoms with Crippen molar-refractivity contribution in [1.29, 1.82) is 0 Å². The number of hydrogen-bond acceptors (Lipinski definition) is 3. The third-order valence-electron chi connectivity index (χ3n) is 3.27. The molecule has 0 aliphatic heterocycles. The molecule has 3 N–H and O–H groups in total. The Labute approximate surface area is 153 Å². The summed E-state index contributed by atoms with van der Waals surface area (Å²) in [4.78, 5) is 11.9. The number of para-hydroxylation sites is 2. The molecule has 0 heterocycles. The van der Waals surface area contributed by atoms with E-state index in [1.54, 1.807) is 0 Å². The van der Waals surface area contributed by atoms with E-state index < -0.39 is 0 Å². The topological polar surface area (TPSA) is 64.4 Å². The minimum atomic E-state index is -0.0684. The van der Waals surface area contributed by atoms with E-state index in [-0.39, 0.29) is 24.4 Å². The molecule has 24 heavy (non-hydrogen) atoms. The molecule has 0 fully saturated rings. The van der Waals surface area contributed by atoms with Crippen LogP contribution in [0, 0.1) is 0 Å². The van der Waals surface area contributed by atoms with E-state index in [1.165, 1.54) is 0 Å². The Kier molecular flexibility index (Phi) is 8.61. The van der Waals surface area contributed by atoms with Crippen molar-refractivity contribution in [2.75, 3.05) is 5.32 Å². The first-order valence-electron chi connectivity index (χ1n) is 7.56. The van der Waals surface area contributed by atoms with E-state index in [0.717, 1.165) is 5.56 Å². The Hall–Kier alpha value is -1.75. The molecule has 0 bridgehead atoms. The van der Waals surface area contributed by atoms with Gasteiger partial charge in [0.1, 0.15) is 12.4 Å². The molecule has 0 saturated heterocycles. The molecule has 0 radical (unpaired) electrons. The Balaban J connectivity index is 0.00000288. The smallest absolute Gasteiger partial charge is 0.224 e. The summed E-state index contributed by atoms with van der Waals surface area (Å²) in [6.45, 7) is 2.27. The first-order chi connectivity index (χ1) is 11.0. The maximum Gasteiger partial charge on any atom is 0.224 e. The molecule has 0 saturated carbocycles. The average Bonchev–Trinajstić information content (AvgIpc) is 2.52. The van der Waals surface area contributed by atoms with Crippen LogP contribution in [0.15, 0.2) is 48.5 Å². The number of rotatable bonds is 7. The molecule has 2 rings (SSSR count). The van der Waals surface area contributed by atoms with Gasteiger partial charge < -0.3 is 15.8 Å². The monoisotopic (exact) mass is 368 g/mol. The van der Waals surface area contributed by atoms with Crippen molar-refractivity contribution in [1.82, 2.24) is 0 Å². The minimum absolute atomic E-state index is 0. The van der Waals surface area contributed by atoms with Gasteiger partial charge in [0, 0.05) is 17.5 Å². The molecule has 0 aliphatic carbocycles. The third-order valence-corrected chi connectivity index (χ3v) is 3.51. The van der Waals surface area contributed by atoms with E-state index in [0.29, 0.717) is 35.9 Å². The lowest BCUT2D eigenvalue weighted by Gasteiger charge is -2.13. The lowest BCUT2D eigenvalue weighted by molar-refractivity contribution is -0.116. The lowest BCUT2D eigenvalue weighted by Crippen LogP contribution is -2.19. The number of carbonyl (C=O) groups is 1. The molecule has 6 heteroatoms. The normalized spacial score (nSPS) is 11.3. The molecule has 4 nitrogen and oxygen atoms in total. The van der Waals surface area contributed by atoms with E-state index in [4.69, 9.17) is 22.1 Å². The number of nitrogens with one attached hydrogen (secondary N) is 1. The van der Waals surface area contributed by atoms with Gasteiger partial charge in [0.05, 0.1) is 5.69 Å². The third kappa shape index (κ3) is 6.79. The van der Waals surface area contributed by atoms with Gasteiger partial charge in [-0.3, -0.25) is 4.79 Å². The summed E-state index contributed by atoms with van der Waals surface area (Å²) >= 11 is 5.96. The van der Waals surface area contributed by atoms with Crippen molar-refractivity contribution in [2.45, 2.75) is 32.4 Å². The van der Waals surface area contributed by atoms with Gasteiger partial charge in [0.2, 0.25) is 5.91 Å². The largest absolute Gasteiger partial charge is 0.487 e. The number of benzene rings is 2. The molecule has 0 aliphatic rings. The summed E-state index contributed by atoms with van der Waals surface area (Å²) in [6, 6.07) is 14.9. The van der Waals surface area contributed by atoms with Gasteiger partial charge >= 0.3 is 0 Å². The van der Waals surface area contributed by atoms with E-state index in [1.807, 2.05) is 55.5 Å². The zero-order chi connectivity index (χ0) is 16.7. The molecule has 1 atom stereocenters. The Bertz CT molecular complexity index is 663. The van der Waals surface area contributed by atoms with Gasteiger partial charge in [-0.15, -0.1) is 12.4 Å². The molecule has 0 aromatic heterocycles. The van der Waals surface area contributed by atoms with Gasteiger partial charge in [-0.2, -0.15) is 0 Å². The van der Waals surface area contributed by atoms with Crippen molar-refractivity contribution < 1.29 is 9.53 Å². The summed E-state index contributed by atoms with van der Waals surface area (Å²) in [5, 5.41) is 3.54. The Morgan fingerprint density at radius 1 is 1.25 bits per heavy atom. The van der Waals surface area contributed by atoms with Crippen LogP contribution in [-0.4, -0.2) is 11.9 Å². The van der Waals surface area contributed by atoms with Crippen LogP contribution in [0.1, 0.15) is 25.3 Å². The molecular weight excluding hydrogens is 347 g/mol. The van der Waals surface area contributed by atoms with Crippen LogP contribution >= 0.6 is 24.0 Å². The van der Waals surface area contributed by atoms with Crippen LogP contribution in [0.4, 0.5) is 5.69 Å². The number of ether oxygens (including phenoxy) is 1. The second-order valence-corrected chi connectivity index (χ2v) is 5.92. The van der Waals surface area contributed by atoms with Crippen LogP contribution in [0.2, 0.25) is 5.02 Å². The summed E-state index contributed by atoms with van der Waals surface area (Å²) < 4.78 is 5.81. The predicted molar refractivity (Wildman–Crippen MR) is 101 cm³/mol. The fourth-order valence-electron chi connectivity index (χ4n) is 2.06. The maximum absolute atomic E-state index is 11.9. The SMILES string of the molecule is CC(N)CCC(=O)Nc1ccccc1OCc1cccc(Cl)c1.Cl. The zero-order valence-corrected chi connectivity index (χ0v) is 15.1. The quantitative estimate of drug-likeness (QED) is 0.760. The lowest BCUT2D eigenvalue weighted by atomic mass is 10.2. The number of carbonyl (C=O) groups excluding carboxylic acids is 1. The second kappa shape index (κ2) is 10.2. The fraction of sp³-hybridized carbons (Fsp3) is 0.278. The van der Waals surface area contributed by atoms with Gasteiger partial charge in [-0.05, 0) is 43.2 Å². The predicted octanol–water partition coefficient (Wildman–Crippen LogP) is 4.41. The summed E-state index contributed by atoms with van der Waals surface area (Å²) in [7, 11) is 0. The van der Waals surface area contributed by atoms with Crippen LogP contribution < -0.4 is 15.8 Å². The molecule has 1 amide bonds. The first kappa shape index (κ1) is 20.3. The van der Waals surface area contributed by atoms with Crippen molar-refractivity contribution in [2.24, 2.45) is 5.73 Å². The van der Waals surface area contributed by atoms with Crippen molar-refractivity contribution in [3.8, 4) is 5.75 Å². The van der Waals surface area contributed by atoms with Crippen LogP contribution in [0.3, 0.4) is 0 Å².